The summed E-state index contributed by atoms with van der Waals surface area (Å²) in [5, 5.41) is 3.37. The highest BCUT2D eigenvalue weighted by atomic mass is 16.7. The molecule has 1 aromatic heterocycles. The van der Waals surface area contributed by atoms with Crippen molar-refractivity contribution in [3.63, 3.8) is 0 Å². The highest BCUT2D eigenvalue weighted by Crippen LogP contribution is 2.42. The van der Waals surface area contributed by atoms with Crippen LogP contribution in [0.15, 0.2) is 46.9 Å². The number of piperidine rings is 2. The lowest BCUT2D eigenvalue weighted by molar-refractivity contribution is -0.0668. The van der Waals surface area contributed by atoms with Gasteiger partial charge in [0.25, 0.3) is 0 Å². The first-order valence-corrected chi connectivity index (χ1v) is 12.8. The highest BCUT2D eigenvalue weighted by Gasteiger charge is 2.32. The molecule has 0 radical (unpaired) electrons. The van der Waals surface area contributed by atoms with Crippen LogP contribution in [-0.2, 0) is 4.84 Å². The zero-order valence-electron chi connectivity index (χ0n) is 19.4. The monoisotopic (exact) mass is 432 g/mol. The zero-order valence-corrected chi connectivity index (χ0v) is 19.4. The van der Waals surface area contributed by atoms with Crippen molar-refractivity contribution in [3.8, 4) is 0 Å². The van der Waals surface area contributed by atoms with Crippen LogP contribution in [0.3, 0.4) is 0 Å². The van der Waals surface area contributed by atoms with Crippen molar-refractivity contribution in [2.45, 2.75) is 76.7 Å². The smallest absolute Gasteiger partial charge is 0.134 e. The predicted molar refractivity (Wildman–Crippen MR) is 129 cm³/mol. The maximum atomic E-state index is 6.06. The molecule has 4 nitrogen and oxygen atoms in total. The van der Waals surface area contributed by atoms with Crippen LogP contribution in [0.25, 0.3) is 16.5 Å². The molecule has 4 aliphatic rings. The number of hydrogen-bond acceptors (Lipinski definition) is 4. The van der Waals surface area contributed by atoms with Crippen LogP contribution in [0, 0.1) is 5.92 Å². The van der Waals surface area contributed by atoms with Crippen molar-refractivity contribution < 1.29 is 9.25 Å². The van der Waals surface area contributed by atoms with Gasteiger partial charge in [-0.05, 0) is 93.8 Å². The van der Waals surface area contributed by atoms with Gasteiger partial charge in [-0.25, -0.2) is 5.06 Å². The lowest BCUT2D eigenvalue weighted by Gasteiger charge is -2.42. The number of hydroxylamine groups is 2. The van der Waals surface area contributed by atoms with E-state index in [1.54, 1.807) is 0 Å². The maximum Gasteiger partial charge on any atom is 0.134 e. The van der Waals surface area contributed by atoms with E-state index in [0.29, 0.717) is 18.4 Å². The number of allylic oxidation sites excluding steroid dienone is 2. The Bertz CT molecular complexity index is 1030. The van der Waals surface area contributed by atoms with Gasteiger partial charge in [-0.3, -0.25) is 4.84 Å². The Morgan fingerprint density at radius 2 is 1.88 bits per heavy atom. The number of rotatable bonds is 4. The third-order valence-corrected chi connectivity index (χ3v) is 8.46. The maximum absolute atomic E-state index is 6.06. The van der Waals surface area contributed by atoms with Crippen LogP contribution >= 0.6 is 0 Å². The summed E-state index contributed by atoms with van der Waals surface area (Å²) >= 11 is 0. The largest absolute Gasteiger partial charge is 0.464 e. The SMILES string of the molecule is CC(=C(C1CCCC1)N1C=CCO1)c1ccc2occ(C3CCN4CCCCC4C3)c2c1. The van der Waals surface area contributed by atoms with E-state index in [2.05, 4.69) is 48.6 Å². The summed E-state index contributed by atoms with van der Waals surface area (Å²) in [4.78, 5) is 8.69. The van der Waals surface area contributed by atoms with Gasteiger partial charge in [-0.15, -0.1) is 0 Å². The Morgan fingerprint density at radius 3 is 2.72 bits per heavy atom. The molecule has 2 unspecified atom stereocenters. The topological polar surface area (TPSA) is 28.9 Å². The second kappa shape index (κ2) is 8.72. The van der Waals surface area contributed by atoms with Gasteiger partial charge in [0, 0.05) is 29.1 Å². The van der Waals surface area contributed by atoms with E-state index in [1.807, 2.05) is 5.06 Å². The molecule has 1 aromatic carbocycles. The van der Waals surface area contributed by atoms with Gasteiger partial charge in [-0.2, -0.15) is 0 Å². The quantitative estimate of drug-likeness (QED) is 0.528. The molecule has 2 aromatic rings. The summed E-state index contributed by atoms with van der Waals surface area (Å²) in [6.45, 7) is 5.50. The van der Waals surface area contributed by atoms with Crippen molar-refractivity contribution in [1.29, 1.82) is 0 Å². The van der Waals surface area contributed by atoms with Crippen LogP contribution in [0.4, 0.5) is 0 Å². The van der Waals surface area contributed by atoms with Crippen molar-refractivity contribution >= 4 is 16.5 Å². The van der Waals surface area contributed by atoms with E-state index in [-0.39, 0.29) is 0 Å². The van der Waals surface area contributed by atoms with Crippen molar-refractivity contribution in [3.05, 3.63) is 53.6 Å². The van der Waals surface area contributed by atoms with Crippen molar-refractivity contribution in [2.75, 3.05) is 19.7 Å². The van der Waals surface area contributed by atoms with Crippen molar-refractivity contribution in [2.24, 2.45) is 5.92 Å². The molecular formula is C28H36N2O2. The summed E-state index contributed by atoms with van der Waals surface area (Å²) < 4.78 is 6.06. The highest BCUT2D eigenvalue weighted by molar-refractivity contribution is 5.86. The van der Waals surface area contributed by atoms with E-state index in [9.17, 15) is 0 Å². The predicted octanol–water partition coefficient (Wildman–Crippen LogP) is 6.85. The Balaban J connectivity index is 1.35. The van der Waals surface area contributed by atoms with E-state index < -0.39 is 0 Å². The van der Waals surface area contributed by atoms with E-state index in [4.69, 9.17) is 9.25 Å². The summed E-state index contributed by atoms with van der Waals surface area (Å²) in [5.74, 6) is 1.21. The molecule has 4 heterocycles. The molecule has 0 N–H and O–H groups in total. The van der Waals surface area contributed by atoms with Crippen LogP contribution in [-0.4, -0.2) is 35.7 Å². The van der Waals surface area contributed by atoms with Gasteiger partial charge in [0.2, 0.25) is 0 Å². The summed E-state index contributed by atoms with van der Waals surface area (Å²) in [7, 11) is 0. The third kappa shape index (κ3) is 3.72. The minimum Gasteiger partial charge on any atom is -0.464 e. The number of furan rings is 1. The molecule has 2 atom stereocenters. The number of benzene rings is 1. The molecule has 0 bridgehead atoms. The summed E-state index contributed by atoms with van der Waals surface area (Å²) in [6, 6.07) is 7.58. The van der Waals surface area contributed by atoms with Gasteiger partial charge in [-0.1, -0.05) is 25.3 Å². The number of hydrogen-bond donors (Lipinski definition) is 0. The Morgan fingerprint density at radius 1 is 1.00 bits per heavy atom. The Labute approximate surface area is 191 Å². The van der Waals surface area contributed by atoms with E-state index >= 15 is 0 Å². The molecule has 4 heteroatoms. The first kappa shape index (κ1) is 20.6. The molecule has 32 heavy (non-hydrogen) atoms. The fourth-order valence-corrected chi connectivity index (χ4v) is 6.72. The van der Waals surface area contributed by atoms with Crippen LogP contribution in [0.1, 0.15) is 81.8 Å². The van der Waals surface area contributed by atoms with Gasteiger partial charge in [0.15, 0.2) is 0 Å². The normalized spacial score (nSPS) is 27.8. The van der Waals surface area contributed by atoms with E-state index in [1.165, 1.54) is 98.7 Å². The lowest BCUT2D eigenvalue weighted by atomic mass is 9.81. The molecule has 170 valence electrons. The summed E-state index contributed by atoms with van der Waals surface area (Å²) in [6.07, 6.45) is 18.1. The number of fused-ring (bicyclic) bond motifs is 2. The average molecular weight is 433 g/mol. The van der Waals surface area contributed by atoms with Gasteiger partial charge < -0.3 is 9.32 Å². The summed E-state index contributed by atoms with van der Waals surface area (Å²) in [5.41, 5.74) is 6.47. The Hall–Kier alpha value is -2.04. The van der Waals surface area contributed by atoms with Gasteiger partial charge >= 0.3 is 0 Å². The first-order chi connectivity index (χ1) is 15.8. The van der Waals surface area contributed by atoms with Crippen LogP contribution < -0.4 is 0 Å². The fourth-order valence-electron chi connectivity index (χ4n) is 6.72. The van der Waals surface area contributed by atoms with Crippen LogP contribution in [0.2, 0.25) is 0 Å². The minimum atomic E-state index is 0.591. The fraction of sp³-hybridized carbons (Fsp3) is 0.571. The van der Waals surface area contributed by atoms with E-state index in [0.717, 1.165) is 11.6 Å². The Kier molecular flexibility index (Phi) is 5.60. The molecule has 0 spiro atoms. The molecule has 0 amide bonds. The van der Waals surface area contributed by atoms with Crippen LogP contribution in [0.5, 0.6) is 0 Å². The third-order valence-electron chi connectivity index (χ3n) is 8.46. The van der Waals surface area contributed by atoms with Crippen molar-refractivity contribution in [1.82, 2.24) is 9.96 Å². The average Bonchev–Trinajstić information content (AvgIpc) is 3.61. The molecule has 1 saturated carbocycles. The zero-order chi connectivity index (χ0) is 21.5. The molecule has 2 saturated heterocycles. The lowest BCUT2D eigenvalue weighted by Crippen LogP contribution is -2.44. The molecular weight excluding hydrogens is 396 g/mol. The second-order valence-corrected chi connectivity index (χ2v) is 10.3. The standard InChI is InChI=1S/C28H36N2O2/c1-20(28(21-7-2-3-8-21)30-14-6-16-32-30)22-10-11-27-25(18-22)26(19-31-27)23-12-15-29-13-5-4-9-24(29)17-23/h6,10-11,14,18-19,21,23-24H,2-5,7-9,12-13,15-17H2,1H3. The minimum absolute atomic E-state index is 0.591. The molecule has 3 fully saturated rings. The van der Waals surface area contributed by atoms with Gasteiger partial charge in [0.1, 0.15) is 5.58 Å². The second-order valence-electron chi connectivity index (χ2n) is 10.3. The molecule has 1 aliphatic carbocycles. The molecule has 3 aliphatic heterocycles. The molecule has 6 rings (SSSR count). The van der Waals surface area contributed by atoms with Gasteiger partial charge in [0.05, 0.1) is 18.6 Å². The first-order valence-electron chi connectivity index (χ1n) is 12.8. The number of nitrogens with zero attached hydrogens (tertiary/aromatic N) is 2.